The zero-order valence-electron chi connectivity index (χ0n) is 13.0. The molecule has 24 heavy (non-hydrogen) atoms. The van der Waals surface area contributed by atoms with Gasteiger partial charge in [0.05, 0.1) is 7.11 Å². The van der Waals surface area contributed by atoms with Gasteiger partial charge in [0.1, 0.15) is 11.4 Å². The van der Waals surface area contributed by atoms with E-state index in [4.69, 9.17) is 4.74 Å². The molecule has 3 rings (SSSR count). The Kier molecular flexibility index (Phi) is 4.78. The summed E-state index contributed by atoms with van der Waals surface area (Å²) in [5.41, 5.74) is 7.34. The molecule has 0 atom stereocenters. The molecule has 8 nitrogen and oxygen atoms in total. The van der Waals surface area contributed by atoms with Gasteiger partial charge in [0.2, 0.25) is 5.95 Å². The predicted octanol–water partition coefficient (Wildman–Crippen LogP) is 1.76. The lowest BCUT2D eigenvalue weighted by atomic mass is 10.2. The Morgan fingerprint density at radius 1 is 1.04 bits per heavy atom. The summed E-state index contributed by atoms with van der Waals surface area (Å²) >= 11 is 0. The Hall–Kier alpha value is -3.26. The molecule has 0 amide bonds. The smallest absolute Gasteiger partial charge is 0.319 e. The highest BCUT2D eigenvalue weighted by Crippen LogP contribution is 2.25. The van der Waals surface area contributed by atoms with E-state index in [0.29, 0.717) is 18.0 Å². The Balaban J connectivity index is 1.76. The predicted molar refractivity (Wildman–Crippen MR) is 88.2 cm³/mol. The number of benzene rings is 1. The van der Waals surface area contributed by atoms with Crippen molar-refractivity contribution in [2.24, 2.45) is 0 Å². The lowest BCUT2D eigenvalue weighted by Crippen LogP contribution is -2.22. The van der Waals surface area contributed by atoms with E-state index in [1.165, 1.54) is 7.11 Å². The largest absolute Gasteiger partial charge is 0.494 e. The van der Waals surface area contributed by atoms with E-state index in [0.717, 1.165) is 5.56 Å². The Morgan fingerprint density at radius 2 is 1.88 bits per heavy atom. The minimum atomic E-state index is -0.406. The summed E-state index contributed by atoms with van der Waals surface area (Å²) in [6.45, 7) is 0.565. The van der Waals surface area contributed by atoms with Crippen molar-refractivity contribution in [2.75, 3.05) is 12.5 Å². The van der Waals surface area contributed by atoms with Crippen molar-refractivity contribution in [2.45, 2.75) is 6.54 Å². The number of rotatable bonds is 6. The van der Waals surface area contributed by atoms with Crippen LogP contribution in [0.2, 0.25) is 0 Å². The molecule has 0 unspecified atom stereocenters. The van der Waals surface area contributed by atoms with E-state index in [2.05, 4.69) is 30.8 Å². The Bertz CT molecular complexity index is 813. The molecule has 2 aromatic heterocycles. The van der Waals surface area contributed by atoms with Crippen molar-refractivity contribution in [3.05, 3.63) is 54.2 Å². The standard InChI is InChI=1S/C16H16N6O2/c1-24-12-8-5-9-17-13(12)14-19-15(21-16(23)20-14)22-18-10-11-6-3-2-4-7-11/h2-9,18H,10H2,1H3,(H2,19,20,21,22,23). The molecular formula is C16H16N6O2. The van der Waals surface area contributed by atoms with Crippen LogP contribution in [0.5, 0.6) is 11.8 Å². The second-order valence-electron chi connectivity index (χ2n) is 4.80. The summed E-state index contributed by atoms with van der Waals surface area (Å²) in [5.74, 6) is 0.899. The number of aromatic nitrogens is 4. The summed E-state index contributed by atoms with van der Waals surface area (Å²) < 4.78 is 5.24. The fourth-order valence-corrected chi connectivity index (χ4v) is 2.07. The minimum Gasteiger partial charge on any atom is -0.494 e. The highest BCUT2D eigenvalue weighted by atomic mass is 16.5. The van der Waals surface area contributed by atoms with Gasteiger partial charge in [-0.05, 0) is 17.7 Å². The maximum Gasteiger partial charge on any atom is 0.319 e. The van der Waals surface area contributed by atoms with Gasteiger partial charge in [0.25, 0.3) is 0 Å². The van der Waals surface area contributed by atoms with E-state index in [9.17, 15) is 5.11 Å². The van der Waals surface area contributed by atoms with Crippen LogP contribution in [0.1, 0.15) is 5.56 Å². The number of ether oxygens (including phenoxy) is 1. The van der Waals surface area contributed by atoms with Crippen LogP contribution in [0.15, 0.2) is 48.7 Å². The van der Waals surface area contributed by atoms with E-state index in [1.54, 1.807) is 18.3 Å². The van der Waals surface area contributed by atoms with Crippen molar-refractivity contribution in [3.63, 3.8) is 0 Å². The third kappa shape index (κ3) is 3.73. The first-order chi connectivity index (χ1) is 11.8. The summed E-state index contributed by atoms with van der Waals surface area (Å²) in [6.07, 6.45) is 1.60. The maximum absolute atomic E-state index is 9.74. The van der Waals surface area contributed by atoms with E-state index < -0.39 is 6.01 Å². The number of aromatic hydroxyl groups is 1. The maximum atomic E-state index is 9.74. The molecule has 3 N–H and O–H groups in total. The number of hydrogen-bond donors (Lipinski definition) is 3. The summed E-state index contributed by atoms with van der Waals surface area (Å²) in [7, 11) is 1.53. The molecule has 2 heterocycles. The molecule has 0 fully saturated rings. The lowest BCUT2D eigenvalue weighted by molar-refractivity contribution is 0.413. The van der Waals surface area contributed by atoms with Crippen molar-refractivity contribution in [1.29, 1.82) is 0 Å². The third-order valence-electron chi connectivity index (χ3n) is 3.16. The van der Waals surface area contributed by atoms with Crippen molar-refractivity contribution >= 4 is 5.95 Å². The lowest BCUT2D eigenvalue weighted by Gasteiger charge is -2.09. The molecule has 0 saturated heterocycles. The second kappa shape index (κ2) is 7.34. The minimum absolute atomic E-state index is 0.182. The topological polar surface area (TPSA) is 105 Å². The van der Waals surface area contributed by atoms with Gasteiger partial charge in [-0.15, -0.1) is 0 Å². The highest BCUT2D eigenvalue weighted by Gasteiger charge is 2.13. The van der Waals surface area contributed by atoms with Gasteiger partial charge >= 0.3 is 6.01 Å². The molecule has 0 spiro atoms. The molecule has 0 saturated carbocycles. The van der Waals surface area contributed by atoms with E-state index in [1.807, 2.05) is 30.3 Å². The molecule has 0 radical (unpaired) electrons. The van der Waals surface area contributed by atoms with Crippen LogP contribution in [0.25, 0.3) is 11.5 Å². The van der Waals surface area contributed by atoms with Gasteiger partial charge in [-0.1, -0.05) is 30.3 Å². The number of hydrazine groups is 1. The molecule has 3 aromatic rings. The number of anilines is 1. The molecule has 122 valence electrons. The fraction of sp³-hybridized carbons (Fsp3) is 0.125. The monoisotopic (exact) mass is 324 g/mol. The first-order valence-electron chi connectivity index (χ1n) is 7.23. The van der Waals surface area contributed by atoms with Crippen LogP contribution in [0, 0.1) is 0 Å². The van der Waals surface area contributed by atoms with E-state index in [-0.39, 0.29) is 11.8 Å². The normalized spacial score (nSPS) is 10.4. The third-order valence-corrected chi connectivity index (χ3v) is 3.16. The first kappa shape index (κ1) is 15.6. The van der Waals surface area contributed by atoms with Crippen LogP contribution in [0.3, 0.4) is 0 Å². The second-order valence-corrected chi connectivity index (χ2v) is 4.80. The number of methoxy groups -OCH3 is 1. The number of nitrogens with one attached hydrogen (secondary N) is 2. The van der Waals surface area contributed by atoms with Gasteiger partial charge in [-0.25, -0.2) is 10.4 Å². The quantitative estimate of drug-likeness (QED) is 0.589. The van der Waals surface area contributed by atoms with Crippen LogP contribution >= 0.6 is 0 Å². The van der Waals surface area contributed by atoms with Crippen molar-refractivity contribution < 1.29 is 9.84 Å². The van der Waals surface area contributed by atoms with Crippen LogP contribution in [0.4, 0.5) is 5.95 Å². The fourth-order valence-electron chi connectivity index (χ4n) is 2.07. The number of pyridine rings is 1. The van der Waals surface area contributed by atoms with Crippen LogP contribution in [-0.2, 0) is 6.54 Å². The summed E-state index contributed by atoms with van der Waals surface area (Å²) in [5, 5.41) is 9.74. The molecule has 0 aliphatic heterocycles. The molecule has 1 aromatic carbocycles. The van der Waals surface area contributed by atoms with Gasteiger partial charge in [-0.3, -0.25) is 5.43 Å². The van der Waals surface area contributed by atoms with Crippen molar-refractivity contribution in [3.8, 4) is 23.3 Å². The molecular weight excluding hydrogens is 308 g/mol. The summed E-state index contributed by atoms with van der Waals surface area (Å²) in [4.78, 5) is 16.2. The van der Waals surface area contributed by atoms with Crippen LogP contribution in [-0.4, -0.2) is 32.2 Å². The molecule has 0 aliphatic carbocycles. The zero-order chi connectivity index (χ0) is 16.8. The van der Waals surface area contributed by atoms with E-state index >= 15 is 0 Å². The first-order valence-corrected chi connectivity index (χ1v) is 7.23. The summed E-state index contributed by atoms with van der Waals surface area (Å²) in [6, 6.07) is 12.9. The Morgan fingerprint density at radius 3 is 2.67 bits per heavy atom. The van der Waals surface area contributed by atoms with Gasteiger partial charge in [-0.2, -0.15) is 15.0 Å². The number of nitrogens with zero attached hydrogens (tertiary/aromatic N) is 4. The van der Waals surface area contributed by atoms with Crippen LogP contribution < -0.4 is 15.6 Å². The number of hydrogen-bond acceptors (Lipinski definition) is 8. The Labute approximate surface area is 138 Å². The molecule has 8 heteroatoms. The van der Waals surface area contributed by atoms with Crippen molar-refractivity contribution in [1.82, 2.24) is 25.4 Å². The van der Waals surface area contributed by atoms with Gasteiger partial charge in [0, 0.05) is 12.7 Å². The van der Waals surface area contributed by atoms with Gasteiger partial charge in [0.15, 0.2) is 5.82 Å². The average Bonchev–Trinajstić information content (AvgIpc) is 2.62. The SMILES string of the molecule is COc1cccnc1-c1nc(O)nc(NNCc2ccccc2)n1. The molecule has 0 aliphatic rings. The average molecular weight is 324 g/mol. The zero-order valence-corrected chi connectivity index (χ0v) is 13.0. The molecule has 0 bridgehead atoms. The highest BCUT2D eigenvalue weighted by molar-refractivity contribution is 5.59. The van der Waals surface area contributed by atoms with Gasteiger partial charge < -0.3 is 9.84 Å².